The first kappa shape index (κ1) is 11.6. The van der Waals surface area contributed by atoms with Crippen LogP contribution in [0.2, 0.25) is 0 Å². The predicted octanol–water partition coefficient (Wildman–Crippen LogP) is 4.19. The standard InChI is InChI=1S/C12H12O.C2H6/c1-8-7-12(13)9(2)11-6-4-3-5-10(8)11;1-2/h3-7,13H,1-2H3;1-2H3. The van der Waals surface area contributed by atoms with Crippen molar-refractivity contribution < 1.29 is 5.11 Å². The van der Waals surface area contributed by atoms with Crippen LogP contribution >= 0.6 is 0 Å². The first-order chi connectivity index (χ1) is 7.20. The monoisotopic (exact) mass is 202 g/mol. The zero-order chi connectivity index (χ0) is 11.4. The Labute approximate surface area is 91.4 Å². The van der Waals surface area contributed by atoms with Gasteiger partial charge in [0.1, 0.15) is 5.75 Å². The Bertz CT molecular complexity index is 458. The lowest BCUT2D eigenvalue weighted by molar-refractivity contribution is 0.472. The van der Waals surface area contributed by atoms with E-state index in [4.69, 9.17) is 0 Å². The molecular weight excluding hydrogens is 184 g/mol. The van der Waals surface area contributed by atoms with Gasteiger partial charge in [0.15, 0.2) is 0 Å². The van der Waals surface area contributed by atoms with Crippen molar-refractivity contribution in [3.05, 3.63) is 41.5 Å². The molecule has 0 aliphatic rings. The van der Waals surface area contributed by atoms with Crippen molar-refractivity contribution >= 4 is 10.8 Å². The number of rotatable bonds is 0. The van der Waals surface area contributed by atoms with Gasteiger partial charge in [0.2, 0.25) is 0 Å². The molecule has 0 aliphatic heterocycles. The number of phenolic OH excluding ortho intramolecular Hbond substituents is 1. The van der Waals surface area contributed by atoms with Crippen molar-refractivity contribution in [2.45, 2.75) is 27.7 Å². The summed E-state index contributed by atoms with van der Waals surface area (Å²) in [6, 6.07) is 9.95. The van der Waals surface area contributed by atoms with E-state index >= 15 is 0 Å². The van der Waals surface area contributed by atoms with E-state index in [1.807, 2.05) is 52.0 Å². The van der Waals surface area contributed by atoms with Crippen LogP contribution < -0.4 is 0 Å². The van der Waals surface area contributed by atoms with Crippen LogP contribution in [-0.4, -0.2) is 5.11 Å². The molecule has 1 N–H and O–H groups in total. The third-order valence-corrected chi connectivity index (χ3v) is 2.49. The van der Waals surface area contributed by atoms with E-state index in [-0.39, 0.29) is 0 Å². The molecule has 0 fully saturated rings. The van der Waals surface area contributed by atoms with E-state index in [9.17, 15) is 5.11 Å². The second-order valence-corrected chi connectivity index (χ2v) is 3.38. The Balaban J connectivity index is 0.000000531. The molecular formula is C14H18O. The summed E-state index contributed by atoms with van der Waals surface area (Å²) in [5.74, 6) is 0.385. The van der Waals surface area contributed by atoms with Crippen molar-refractivity contribution in [1.29, 1.82) is 0 Å². The molecule has 0 saturated heterocycles. The van der Waals surface area contributed by atoms with Gasteiger partial charge in [-0.3, -0.25) is 0 Å². The Morgan fingerprint density at radius 2 is 1.47 bits per heavy atom. The summed E-state index contributed by atoms with van der Waals surface area (Å²) in [5.41, 5.74) is 2.08. The number of benzene rings is 2. The lowest BCUT2D eigenvalue weighted by atomic mass is 10.0. The molecule has 0 radical (unpaired) electrons. The van der Waals surface area contributed by atoms with Gasteiger partial charge >= 0.3 is 0 Å². The van der Waals surface area contributed by atoms with Gasteiger partial charge in [-0.05, 0) is 41.8 Å². The van der Waals surface area contributed by atoms with Crippen LogP contribution in [0.3, 0.4) is 0 Å². The van der Waals surface area contributed by atoms with E-state index < -0.39 is 0 Å². The van der Waals surface area contributed by atoms with Gasteiger partial charge in [0.25, 0.3) is 0 Å². The molecule has 1 heteroatoms. The second kappa shape index (κ2) is 4.83. The highest BCUT2D eigenvalue weighted by Crippen LogP contribution is 2.28. The molecule has 2 aromatic carbocycles. The molecule has 0 heterocycles. The van der Waals surface area contributed by atoms with Gasteiger partial charge in [0.05, 0.1) is 0 Å². The van der Waals surface area contributed by atoms with E-state index in [2.05, 4.69) is 6.07 Å². The molecule has 0 spiro atoms. The van der Waals surface area contributed by atoms with Crippen LogP contribution in [-0.2, 0) is 0 Å². The number of hydrogen-bond acceptors (Lipinski definition) is 1. The summed E-state index contributed by atoms with van der Waals surface area (Å²) in [4.78, 5) is 0. The molecule has 0 unspecified atom stereocenters. The van der Waals surface area contributed by atoms with Gasteiger partial charge in [-0.2, -0.15) is 0 Å². The molecule has 15 heavy (non-hydrogen) atoms. The van der Waals surface area contributed by atoms with Crippen LogP contribution in [0, 0.1) is 13.8 Å². The number of phenols is 1. The highest BCUT2D eigenvalue weighted by molar-refractivity contribution is 5.90. The van der Waals surface area contributed by atoms with Crippen LogP contribution in [0.1, 0.15) is 25.0 Å². The Morgan fingerprint density at radius 1 is 0.933 bits per heavy atom. The largest absolute Gasteiger partial charge is 0.508 e. The number of aryl methyl sites for hydroxylation is 2. The molecule has 0 aliphatic carbocycles. The average molecular weight is 202 g/mol. The Morgan fingerprint density at radius 3 is 2.07 bits per heavy atom. The lowest BCUT2D eigenvalue weighted by Gasteiger charge is -2.07. The molecule has 2 aromatic rings. The maximum absolute atomic E-state index is 9.60. The van der Waals surface area contributed by atoms with Gasteiger partial charge < -0.3 is 5.11 Å². The maximum atomic E-state index is 9.60. The van der Waals surface area contributed by atoms with Gasteiger partial charge in [-0.25, -0.2) is 0 Å². The quantitative estimate of drug-likeness (QED) is 0.679. The summed E-state index contributed by atoms with van der Waals surface area (Å²) in [7, 11) is 0. The van der Waals surface area contributed by atoms with Crippen molar-refractivity contribution in [2.24, 2.45) is 0 Å². The zero-order valence-corrected chi connectivity index (χ0v) is 9.83. The third kappa shape index (κ3) is 2.12. The molecule has 0 aromatic heterocycles. The average Bonchev–Trinajstić information content (AvgIpc) is 2.29. The molecule has 0 bridgehead atoms. The van der Waals surface area contributed by atoms with Crippen LogP contribution in [0.5, 0.6) is 5.75 Å². The SMILES string of the molecule is CC.Cc1cc(O)c(C)c2ccccc12. The predicted molar refractivity (Wildman–Crippen MR) is 66.4 cm³/mol. The van der Waals surface area contributed by atoms with Crippen LogP contribution in [0.15, 0.2) is 30.3 Å². The molecule has 2 rings (SSSR count). The van der Waals surface area contributed by atoms with E-state index in [1.165, 1.54) is 5.39 Å². The van der Waals surface area contributed by atoms with Gasteiger partial charge in [0, 0.05) is 0 Å². The molecule has 0 saturated carbocycles. The summed E-state index contributed by atoms with van der Waals surface area (Å²) in [6.07, 6.45) is 0. The van der Waals surface area contributed by atoms with Crippen molar-refractivity contribution in [3.63, 3.8) is 0 Å². The zero-order valence-electron chi connectivity index (χ0n) is 9.83. The molecule has 0 amide bonds. The minimum Gasteiger partial charge on any atom is -0.508 e. The first-order valence-corrected chi connectivity index (χ1v) is 5.38. The topological polar surface area (TPSA) is 20.2 Å². The second-order valence-electron chi connectivity index (χ2n) is 3.38. The van der Waals surface area contributed by atoms with Crippen molar-refractivity contribution in [2.75, 3.05) is 0 Å². The fourth-order valence-corrected chi connectivity index (χ4v) is 1.68. The number of aromatic hydroxyl groups is 1. The fourth-order valence-electron chi connectivity index (χ4n) is 1.68. The summed E-state index contributed by atoms with van der Waals surface area (Å²) >= 11 is 0. The fraction of sp³-hybridized carbons (Fsp3) is 0.286. The maximum Gasteiger partial charge on any atom is 0.119 e. The minimum atomic E-state index is 0.385. The molecule has 0 atom stereocenters. The van der Waals surface area contributed by atoms with Crippen molar-refractivity contribution in [3.8, 4) is 5.75 Å². The summed E-state index contributed by atoms with van der Waals surface area (Å²) in [5, 5.41) is 12.0. The molecule has 1 nitrogen and oxygen atoms in total. The molecule has 80 valence electrons. The normalized spacial score (nSPS) is 9.60. The lowest BCUT2D eigenvalue weighted by Crippen LogP contribution is -1.83. The van der Waals surface area contributed by atoms with E-state index in [0.29, 0.717) is 5.75 Å². The Kier molecular flexibility index (Phi) is 3.73. The highest BCUT2D eigenvalue weighted by Gasteiger charge is 2.03. The minimum absolute atomic E-state index is 0.385. The first-order valence-electron chi connectivity index (χ1n) is 5.38. The van der Waals surface area contributed by atoms with Crippen LogP contribution in [0.25, 0.3) is 10.8 Å². The number of hydrogen-bond donors (Lipinski definition) is 1. The van der Waals surface area contributed by atoms with Crippen LogP contribution in [0.4, 0.5) is 0 Å². The highest BCUT2D eigenvalue weighted by atomic mass is 16.3. The summed E-state index contributed by atoms with van der Waals surface area (Å²) < 4.78 is 0. The van der Waals surface area contributed by atoms with E-state index in [1.54, 1.807) is 0 Å². The summed E-state index contributed by atoms with van der Waals surface area (Å²) in [6.45, 7) is 7.96. The smallest absolute Gasteiger partial charge is 0.119 e. The number of fused-ring (bicyclic) bond motifs is 1. The van der Waals surface area contributed by atoms with E-state index in [0.717, 1.165) is 16.5 Å². The van der Waals surface area contributed by atoms with Gasteiger partial charge in [-0.1, -0.05) is 38.1 Å². The van der Waals surface area contributed by atoms with Gasteiger partial charge in [-0.15, -0.1) is 0 Å². The van der Waals surface area contributed by atoms with Crippen molar-refractivity contribution in [1.82, 2.24) is 0 Å². The third-order valence-electron chi connectivity index (χ3n) is 2.49. The Hall–Kier alpha value is -1.50.